The van der Waals surface area contributed by atoms with Gasteiger partial charge in [0.2, 0.25) is 0 Å². The highest BCUT2D eigenvalue weighted by atomic mass is 16.5. The molecule has 16 heavy (non-hydrogen) atoms. The molecule has 2 heterocycles. The molecule has 0 unspecified atom stereocenters. The second-order valence-corrected chi connectivity index (χ2v) is 4.30. The molecule has 0 aromatic carbocycles. The van der Waals surface area contributed by atoms with Crippen LogP contribution >= 0.6 is 0 Å². The fourth-order valence-corrected chi connectivity index (χ4v) is 2.24. The van der Waals surface area contributed by atoms with Crippen LogP contribution in [0.1, 0.15) is 12.8 Å². The number of hydrogen-bond donors (Lipinski definition) is 0. The number of morpholine rings is 1. The average molecular weight is 228 g/mol. The van der Waals surface area contributed by atoms with Crippen molar-refractivity contribution in [1.82, 2.24) is 9.80 Å². The zero-order chi connectivity index (χ0) is 11.4. The van der Waals surface area contributed by atoms with Crippen molar-refractivity contribution in [2.75, 3.05) is 46.5 Å². The Kier molecular flexibility index (Phi) is 4.01. The fourth-order valence-electron chi connectivity index (χ4n) is 2.24. The summed E-state index contributed by atoms with van der Waals surface area (Å²) < 4.78 is 10.5. The number of ether oxygens (including phenoxy) is 2. The minimum Gasteiger partial charge on any atom is -0.381 e. The number of likely N-dealkylation sites (tertiary alicyclic amines) is 1. The number of nitrogens with zero attached hydrogens (tertiary/aromatic N) is 2. The standard InChI is InChI=1S/C11H20N2O3/c1-15-10-2-4-12(5-3-10)11(14)13-6-8-16-9-7-13/h10H,2-9H2,1H3. The summed E-state index contributed by atoms with van der Waals surface area (Å²) in [6.45, 7) is 4.41. The maximum atomic E-state index is 12.1. The van der Waals surface area contributed by atoms with E-state index in [2.05, 4.69) is 0 Å². The number of piperidine rings is 1. The van der Waals surface area contributed by atoms with Gasteiger partial charge in [-0.15, -0.1) is 0 Å². The van der Waals surface area contributed by atoms with Gasteiger partial charge in [-0.1, -0.05) is 0 Å². The van der Waals surface area contributed by atoms with E-state index in [1.165, 1.54) is 0 Å². The molecule has 0 saturated carbocycles. The predicted octanol–water partition coefficient (Wildman–Crippen LogP) is 0.549. The number of amides is 2. The monoisotopic (exact) mass is 228 g/mol. The molecule has 2 saturated heterocycles. The molecule has 0 aliphatic carbocycles. The van der Waals surface area contributed by atoms with Crippen molar-refractivity contribution in [2.24, 2.45) is 0 Å². The zero-order valence-electron chi connectivity index (χ0n) is 9.85. The van der Waals surface area contributed by atoms with Gasteiger partial charge in [0.15, 0.2) is 0 Å². The van der Waals surface area contributed by atoms with Crippen molar-refractivity contribution in [1.29, 1.82) is 0 Å². The number of rotatable bonds is 1. The second-order valence-electron chi connectivity index (χ2n) is 4.30. The van der Waals surface area contributed by atoms with E-state index < -0.39 is 0 Å². The number of methoxy groups -OCH3 is 1. The van der Waals surface area contributed by atoms with Gasteiger partial charge in [0.25, 0.3) is 0 Å². The fraction of sp³-hybridized carbons (Fsp3) is 0.909. The molecule has 5 nitrogen and oxygen atoms in total. The zero-order valence-corrected chi connectivity index (χ0v) is 9.85. The molecule has 5 heteroatoms. The van der Waals surface area contributed by atoms with E-state index >= 15 is 0 Å². The predicted molar refractivity (Wildman–Crippen MR) is 59.4 cm³/mol. The summed E-state index contributed by atoms with van der Waals surface area (Å²) in [6.07, 6.45) is 2.23. The van der Waals surface area contributed by atoms with Gasteiger partial charge in [-0.25, -0.2) is 4.79 Å². The Balaban J connectivity index is 1.81. The summed E-state index contributed by atoms with van der Waals surface area (Å²) >= 11 is 0. The molecule has 2 fully saturated rings. The molecule has 0 radical (unpaired) electrons. The Labute approximate surface area is 96.3 Å². The molecule has 2 aliphatic heterocycles. The van der Waals surface area contributed by atoms with Crippen molar-refractivity contribution >= 4 is 6.03 Å². The van der Waals surface area contributed by atoms with Gasteiger partial charge in [-0.2, -0.15) is 0 Å². The van der Waals surface area contributed by atoms with Gasteiger partial charge in [0, 0.05) is 33.3 Å². The van der Waals surface area contributed by atoms with E-state index in [-0.39, 0.29) is 6.03 Å². The normalized spacial score (nSPS) is 23.6. The summed E-state index contributed by atoms with van der Waals surface area (Å²) in [6, 6.07) is 0.165. The molecule has 2 amide bonds. The molecule has 0 aromatic heterocycles. The van der Waals surface area contributed by atoms with E-state index in [0.717, 1.165) is 39.0 Å². The van der Waals surface area contributed by atoms with Crippen molar-refractivity contribution in [3.05, 3.63) is 0 Å². The van der Waals surface area contributed by atoms with Crippen molar-refractivity contribution in [2.45, 2.75) is 18.9 Å². The Hall–Kier alpha value is -0.810. The van der Waals surface area contributed by atoms with Crippen LogP contribution in [0.25, 0.3) is 0 Å². The van der Waals surface area contributed by atoms with Gasteiger partial charge in [0.1, 0.15) is 0 Å². The second kappa shape index (κ2) is 5.50. The lowest BCUT2D eigenvalue weighted by Crippen LogP contribution is -2.51. The van der Waals surface area contributed by atoms with E-state index in [9.17, 15) is 4.79 Å². The smallest absolute Gasteiger partial charge is 0.320 e. The molecule has 2 rings (SSSR count). The summed E-state index contributed by atoms with van der Waals surface area (Å²) in [7, 11) is 1.74. The van der Waals surface area contributed by atoms with Gasteiger partial charge in [-0.05, 0) is 12.8 Å². The first-order chi connectivity index (χ1) is 7.81. The minimum atomic E-state index is 0.165. The van der Waals surface area contributed by atoms with Crippen LogP contribution in [0, 0.1) is 0 Å². The van der Waals surface area contributed by atoms with Crippen LogP contribution in [0.2, 0.25) is 0 Å². The lowest BCUT2D eigenvalue weighted by Gasteiger charge is -2.36. The van der Waals surface area contributed by atoms with Crippen LogP contribution in [-0.4, -0.2) is 68.4 Å². The lowest BCUT2D eigenvalue weighted by molar-refractivity contribution is 0.0241. The Morgan fingerprint density at radius 3 is 2.25 bits per heavy atom. The molecule has 0 aromatic rings. The third-order valence-corrected chi connectivity index (χ3v) is 3.33. The molecule has 0 N–H and O–H groups in total. The largest absolute Gasteiger partial charge is 0.381 e. The molecule has 0 spiro atoms. The van der Waals surface area contributed by atoms with E-state index in [1.54, 1.807) is 7.11 Å². The van der Waals surface area contributed by atoms with Gasteiger partial charge >= 0.3 is 6.03 Å². The first-order valence-corrected chi connectivity index (χ1v) is 5.95. The third kappa shape index (κ3) is 2.65. The van der Waals surface area contributed by atoms with Crippen molar-refractivity contribution in [3.63, 3.8) is 0 Å². The highest BCUT2D eigenvalue weighted by Crippen LogP contribution is 2.15. The first-order valence-electron chi connectivity index (χ1n) is 5.95. The maximum absolute atomic E-state index is 12.1. The van der Waals surface area contributed by atoms with Crippen LogP contribution in [0.5, 0.6) is 0 Å². The number of hydrogen-bond acceptors (Lipinski definition) is 3. The number of urea groups is 1. The molecule has 0 atom stereocenters. The van der Waals surface area contributed by atoms with Crippen molar-refractivity contribution in [3.8, 4) is 0 Å². The Morgan fingerprint density at radius 2 is 1.69 bits per heavy atom. The van der Waals surface area contributed by atoms with Crippen LogP contribution in [0.3, 0.4) is 0 Å². The highest BCUT2D eigenvalue weighted by Gasteiger charge is 2.26. The summed E-state index contributed by atoms with van der Waals surface area (Å²) in [5, 5.41) is 0. The van der Waals surface area contributed by atoms with Gasteiger partial charge < -0.3 is 19.3 Å². The topological polar surface area (TPSA) is 42.0 Å². The van der Waals surface area contributed by atoms with E-state index in [4.69, 9.17) is 9.47 Å². The molecular formula is C11H20N2O3. The van der Waals surface area contributed by atoms with E-state index in [0.29, 0.717) is 19.3 Å². The van der Waals surface area contributed by atoms with Crippen LogP contribution < -0.4 is 0 Å². The summed E-state index contributed by atoms with van der Waals surface area (Å²) in [4.78, 5) is 15.9. The number of carbonyl (C=O) groups is 1. The van der Waals surface area contributed by atoms with Crippen LogP contribution in [0.15, 0.2) is 0 Å². The maximum Gasteiger partial charge on any atom is 0.320 e. The van der Waals surface area contributed by atoms with Crippen LogP contribution in [0.4, 0.5) is 4.79 Å². The SMILES string of the molecule is COC1CCN(C(=O)N2CCOCC2)CC1. The quantitative estimate of drug-likeness (QED) is 0.658. The average Bonchev–Trinajstić information content (AvgIpc) is 2.39. The highest BCUT2D eigenvalue weighted by molar-refractivity contribution is 5.74. The molecular weight excluding hydrogens is 208 g/mol. The Bertz CT molecular complexity index is 233. The third-order valence-electron chi connectivity index (χ3n) is 3.33. The molecule has 2 aliphatic rings. The summed E-state index contributed by atoms with van der Waals surface area (Å²) in [5.41, 5.74) is 0. The molecule has 92 valence electrons. The van der Waals surface area contributed by atoms with Crippen LogP contribution in [-0.2, 0) is 9.47 Å². The molecule has 0 bridgehead atoms. The minimum absolute atomic E-state index is 0.165. The van der Waals surface area contributed by atoms with Gasteiger partial charge in [-0.3, -0.25) is 0 Å². The lowest BCUT2D eigenvalue weighted by atomic mass is 10.1. The first kappa shape index (κ1) is 11.7. The van der Waals surface area contributed by atoms with E-state index in [1.807, 2.05) is 9.80 Å². The van der Waals surface area contributed by atoms with Crippen molar-refractivity contribution < 1.29 is 14.3 Å². The number of carbonyl (C=O) groups excluding carboxylic acids is 1. The Morgan fingerprint density at radius 1 is 1.12 bits per heavy atom. The summed E-state index contributed by atoms with van der Waals surface area (Å²) in [5.74, 6) is 0. The van der Waals surface area contributed by atoms with Gasteiger partial charge in [0.05, 0.1) is 19.3 Å².